The Labute approximate surface area is 96.9 Å². The number of hydrogen-bond acceptors (Lipinski definition) is 4. The second kappa shape index (κ2) is 3.98. The van der Waals surface area contributed by atoms with Crippen LogP contribution in [0.25, 0.3) is 10.9 Å². The largest absolute Gasteiger partial charge is 0.472 e. The fraction of sp³-hybridized carbons (Fsp3) is 0.0833. The summed E-state index contributed by atoms with van der Waals surface area (Å²) in [5, 5.41) is 5.65. The number of fused-ring (bicyclic) bond motifs is 1. The molecule has 1 N–H and O–H groups in total. The number of nitrogens with one attached hydrogen (secondary N) is 1. The SMILES string of the molecule is c1ccc2c(NCc3ccoc3)snc2c1. The number of anilines is 1. The first kappa shape index (κ1) is 9.42. The van der Waals surface area contributed by atoms with Crippen molar-refractivity contribution in [1.29, 1.82) is 0 Å². The summed E-state index contributed by atoms with van der Waals surface area (Å²) in [5.41, 5.74) is 2.18. The molecule has 0 spiro atoms. The molecule has 4 heteroatoms. The Balaban J connectivity index is 1.84. The van der Waals surface area contributed by atoms with Gasteiger partial charge in [-0.25, -0.2) is 0 Å². The lowest BCUT2D eigenvalue weighted by Crippen LogP contribution is -1.95. The van der Waals surface area contributed by atoms with E-state index >= 15 is 0 Å². The molecule has 0 fully saturated rings. The van der Waals surface area contributed by atoms with E-state index in [2.05, 4.69) is 15.8 Å². The topological polar surface area (TPSA) is 38.1 Å². The Morgan fingerprint density at radius 2 is 2.19 bits per heavy atom. The van der Waals surface area contributed by atoms with Gasteiger partial charge in [-0.2, -0.15) is 4.37 Å². The van der Waals surface area contributed by atoms with E-state index < -0.39 is 0 Å². The zero-order valence-electron chi connectivity index (χ0n) is 8.51. The van der Waals surface area contributed by atoms with Gasteiger partial charge in [0.25, 0.3) is 0 Å². The lowest BCUT2D eigenvalue weighted by atomic mass is 10.2. The van der Waals surface area contributed by atoms with Gasteiger partial charge in [-0.15, -0.1) is 0 Å². The summed E-state index contributed by atoms with van der Waals surface area (Å²) in [5.74, 6) is 0. The minimum absolute atomic E-state index is 0.767. The molecule has 0 amide bonds. The molecule has 1 aromatic carbocycles. The number of nitrogens with zero attached hydrogens (tertiary/aromatic N) is 1. The van der Waals surface area contributed by atoms with E-state index in [0.29, 0.717) is 0 Å². The standard InChI is InChI=1S/C12H10N2OS/c1-2-4-11-10(3-1)12(16-14-11)13-7-9-5-6-15-8-9/h1-6,8,13H,7H2. The molecule has 0 aliphatic rings. The summed E-state index contributed by atoms with van der Waals surface area (Å²) in [4.78, 5) is 0. The third-order valence-corrected chi connectivity index (χ3v) is 3.25. The molecule has 0 saturated carbocycles. The maximum Gasteiger partial charge on any atom is 0.117 e. The zero-order valence-corrected chi connectivity index (χ0v) is 9.33. The van der Waals surface area contributed by atoms with Crippen LogP contribution in [-0.4, -0.2) is 4.37 Å². The number of benzene rings is 1. The van der Waals surface area contributed by atoms with Gasteiger partial charge in [-0.1, -0.05) is 12.1 Å². The molecule has 3 aromatic rings. The number of hydrogen-bond donors (Lipinski definition) is 1. The minimum atomic E-state index is 0.767. The Morgan fingerprint density at radius 3 is 3.06 bits per heavy atom. The first-order chi connectivity index (χ1) is 7.93. The van der Waals surface area contributed by atoms with Gasteiger partial charge in [-0.05, 0) is 29.7 Å². The van der Waals surface area contributed by atoms with Crippen LogP contribution >= 0.6 is 11.5 Å². The van der Waals surface area contributed by atoms with Crippen molar-refractivity contribution < 1.29 is 4.42 Å². The average molecular weight is 230 g/mol. The van der Waals surface area contributed by atoms with E-state index in [1.807, 2.05) is 24.3 Å². The third kappa shape index (κ3) is 1.67. The van der Waals surface area contributed by atoms with Crippen molar-refractivity contribution in [3.63, 3.8) is 0 Å². The average Bonchev–Trinajstić information content (AvgIpc) is 2.96. The number of aromatic nitrogens is 1. The molecule has 0 unspecified atom stereocenters. The monoisotopic (exact) mass is 230 g/mol. The van der Waals surface area contributed by atoms with Crippen molar-refractivity contribution >= 4 is 27.4 Å². The van der Waals surface area contributed by atoms with E-state index in [1.165, 1.54) is 16.9 Å². The molecule has 0 saturated heterocycles. The highest BCUT2D eigenvalue weighted by atomic mass is 32.1. The summed E-state index contributed by atoms with van der Waals surface area (Å²) in [7, 11) is 0. The van der Waals surface area contributed by atoms with E-state index in [-0.39, 0.29) is 0 Å². The molecule has 3 rings (SSSR count). The Hall–Kier alpha value is -1.81. The smallest absolute Gasteiger partial charge is 0.117 e. The van der Waals surface area contributed by atoms with Gasteiger partial charge in [0.1, 0.15) is 5.00 Å². The Bertz CT molecular complexity index is 586. The molecular weight excluding hydrogens is 220 g/mol. The zero-order chi connectivity index (χ0) is 10.8. The molecule has 3 nitrogen and oxygen atoms in total. The summed E-state index contributed by atoms with van der Waals surface area (Å²) < 4.78 is 9.39. The first-order valence-corrected chi connectivity index (χ1v) is 5.80. The Morgan fingerprint density at radius 1 is 1.25 bits per heavy atom. The van der Waals surface area contributed by atoms with Crippen molar-refractivity contribution in [3.05, 3.63) is 48.4 Å². The summed E-state index contributed by atoms with van der Waals surface area (Å²) in [6.45, 7) is 0.767. The minimum Gasteiger partial charge on any atom is -0.472 e. The van der Waals surface area contributed by atoms with Crippen LogP contribution in [0, 0.1) is 0 Å². The van der Waals surface area contributed by atoms with Crippen LogP contribution in [-0.2, 0) is 6.54 Å². The van der Waals surface area contributed by atoms with E-state index in [4.69, 9.17) is 4.42 Å². The fourth-order valence-electron chi connectivity index (χ4n) is 1.59. The second-order valence-electron chi connectivity index (χ2n) is 3.51. The lowest BCUT2D eigenvalue weighted by Gasteiger charge is -2.00. The maximum atomic E-state index is 5.02. The molecule has 0 radical (unpaired) electrons. The predicted molar refractivity (Wildman–Crippen MR) is 65.7 cm³/mol. The molecular formula is C12H10N2OS. The molecule has 80 valence electrons. The summed E-state index contributed by atoms with van der Waals surface area (Å²) in [6, 6.07) is 10.1. The highest BCUT2D eigenvalue weighted by molar-refractivity contribution is 7.11. The van der Waals surface area contributed by atoms with Crippen molar-refractivity contribution in [2.24, 2.45) is 0 Å². The molecule has 0 aliphatic heterocycles. The molecule has 16 heavy (non-hydrogen) atoms. The van der Waals surface area contributed by atoms with Crippen LogP contribution in [0.3, 0.4) is 0 Å². The van der Waals surface area contributed by atoms with Gasteiger partial charge in [0.2, 0.25) is 0 Å². The van der Waals surface area contributed by atoms with Gasteiger partial charge in [0, 0.05) is 17.5 Å². The van der Waals surface area contributed by atoms with Crippen molar-refractivity contribution in [3.8, 4) is 0 Å². The van der Waals surface area contributed by atoms with E-state index in [1.54, 1.807) is 12.5 Å². The van der Waals surface area contributed by atoms with Crippen molar-refractivity contribution in [2.75, 3.05) is 5.32 Å². The van der Waals surface area contributed by atoms with Crippen molar-refractivity contribution in [1.82, 2.24) is 4.37 Å². The maximum absolute atomic E-state index is 5.02. The third-order valence-electron chi connectivity index (χ3n) is 2.42. The Kier molecular flexibility index (Phi) is 2.34. The van der Waals surface area contributed by atoms with Crippen LogP contribution < -0.4 is 5.32 Å². The van der Waals surface area contributed by atoms with Crippen LogP contribution in [0.4, 0.5) is 5.00 Å². The van der Waals surface area contributed by atoms with Gasteiger partial charge in [0.15, 0.2) is 0 Å². The predicted octanol–water partition coefficient (Wildman–Crippen LogP) is 3.50. The molecule has 0 aliphatic carbocycles. The van der Waals surface area contributed by atoms with E-state index in [9.17, 15) is 0 Å². The highest BCUT2D eigenvalue weighted by Crippen LogP contribution is 2.27. The van der Waals surface area contributed by atoms with Crippen LogP contribution in [0.1, 0.15) is 5.56 Å². The van der Waals surface area contributed by atoms with Crippen LogP contribution in [0.5, 0.6) is 0 Å². The summed E-state index contributed by atoms with van der Waals surface area (Å²) in [6.07, 6.45) is 3.43. The highest BCUT2D eigenvalue weighted by Gasteiger charge is 2.04. The fourth-order valence-corrected chi connectivity index (χ4v) is 2.35. The normalized spacial score (nSPS) is 10.8. The van der Waals surface area contributed by atoms with Gasteiger partial charge >= 0.3 is 0 Å². The van der Waals surface area contributed by atoms with Gasteiger partial charge in [0.05, 0.1) is 18.0 Å². The molecule has 2 aromatic heterocycles. The molecule has 0 atom stereocenters. The van der Waals surface area contributed by atoms with Crippen LogP contribution in [0.15, 0.2) is 47.3 Å². The number of rotatable bonds is 3. The van der Waals surface area contributed by atoms with E-state index in [0.717, 1.165) is 22.6 Å². The number of furan rings is 1. The first-order valence-electron chi connectivity index (χ1n) is 5.03. The molecule has 0 bridgehead atoms. The quantitative estimate of drug-likeness (QED) is 0.748. The van der Waals surface area contributed by atoms with Crippen molar-refractivity contribution in [2.45, 2.75) is 6.54 Å². The second-order valence-corrected chi connectivity index (χ2v) is 4.29. The van der Waals surface area contributed by atoms with Gasteiger partial charge in [-0.3, -0.25) is 0 Å². The lowest BCUT2D eigenvalue weighted by molar-refractivity contribution is 0.564. The van der Waals surface area contributed by atoms with Gasteiger partial charge < -0.3 is 9.73 Å². The molecule has 2 heterocycles. The summed E-state index contributed by atoms with van der Waals surface area (Å²) >= 11 is 1.49. The van der Waals surface area contributed by atoms with Crippen LogP contribution in [0.2, 0.25) is 0 Å².